The number of hydrogen-bond acceptors (Lipinski definition) is 5. The lowest BCUT2D eigenvalue weighted by molar-refractivity contribution is -0.257. The van der Waals surface area contributed by atoms with Gasteiger partial charge >= 0.3 is 0 Å². The van der Waals surface area contributed by atoms with Crippen LogP contribution in [-0.2, 0) is 9.47 Å². The number of rotatable bonds is 3. The van der Waals surface area contributed by atoms with Gasteiger partial charge in [0.25, 0.3) is 0 Å². The van der Waals surface area contributed by atoms with Gasteiger partial charge in [-0.25, -0.2) is 0 Å². The lowest BCUT2D eigenvalue weighted by Gasteiger charge is -2.75. The minimum absolute atomic E-state index is 0.0895. The molecule has 1 heterocycles. The molecule has 0 bridgehead atoms. The van der Waals surface area contributed by atoms with E-state index in [1.165, 1.54) is 0 Å². The highest BCUT2D eigenvalue weighted by Gasteiger charge is 2.82. The van der Waals surface area contributed by atoms with E-state index in [1.807, 2.05) is 0 Å². The van der Waals surface area contributed by atoms with E-state index in [1.54, 1.807) is 0 Å². The maximum absolute atomic E-state index is 11.7. The van der Waals surface area contributed by atoms with E-state index in [4.69, 9.17) is 9.47 Å². The van der Waals surface area contributed by atoms with Gasteiger partial charge in [0.05, 0.1) is 25.0 Å². The number of aliphatic hydroxyl groups excluding tert-OH is 1. The summed E-state index contributed by atoms with van der Waals surface area (Å²) < 4.78 is 17.4. The normalized spacial score (nSPS) is 53.8. The third-order valence-electron chi connectivity index (χ3n) is 11.6. The summed E-state index contributed by atoms with van der Waals surface area (Å²) in [6.45, 7) is 15.0. The van der Waals surface area contributed by atoms with Gasteiger partial charge in [-0.05, 0) is 50.0 Å². The van der Waals surface area contributed by atoms with Gasteiger partial charge in [0, 0.05) is 31.5 Å². The molecule has 0 amide bonds. The third-order valence-corrected chi connectivity index (χ3v) is 15.7. The highest BCUT2D eigenvalue weighted by molar-refractivity contribution is 14.2. The number of alkyl halides is 1. The summed E-state index contributed by atoms with van der Waals surface area (Å²) >= 11 is -0.485. The molecule has 1 spiro atoms. The lowest BCUT2D eigenvalue weighted by atomic mass is 9.31. The highest BCUT2D eigenvalue weighted by atomic mass is 127. The number of nitrogens with zero attached hydrogens (tertiary/aromatic N) is 1. The number of allylic oxidation sites excluding steroid dienone is 3. The molecule has 0 radical (unpaired) electrons. The van der Waals surface area contributed by atoms with Crippen molar-refractivity contribution < 1.29 is 14.6 Å². The summed E-state index contributed by atoms with van der Waals surface area (Å²) in [6.07, 6.45) is 10.5. The Bertz CT molecular complexity index is 914. The summed E-state index contributed by atoms with van der Waals surface area (Å²) in [5.74, 6) is -0.103. The van der Waals surface area contributed by atoms with Crippen molar-refractivity contribution in [1.82, 2.24) is 0 Å². The summed E-state index contributed by atoms with van der Waals surface area (Å²) in [7, 11) is 0. The van der Waals surface area contributed by atoms with Crippen molar-refractivity contribution >= 4 is 25.2 Å². The Balaban J connectivity index is 1.78. The minimum Gasteiger partial charge on any atom is -0.512 e. The van der Waals surface area contributed by atoms with Crippen LogP contribution in [-0.4, -0.2) is 38.1 Å². The Kier molecular flexibility index (Phi) is 4.88. The van der Waals surface area contributed by atoms with Crippen LogP contribution in [0.5, 0.6) is 0 Å². The van der Waals surface area contributed by atoms with Crippen LogP contribution in [0.3, 0.4) is 0 Å². The molecule has 1 N–H and O–H groups in total. The molecule has 0 aromatic carbocycles. The maximum atomic E-state index is 11.7. The first-order chi connectivity index (χ1) is 15.0. The first-order valence-electron chi connectivity index (χ1n) is 12.1. The fourth-order valence-corrected chi connectivity index (χ4v) is 13.1. The molecule has 0 aromatic heterocycles. The van der Waals surface area contributed by atoms with Crippen molar-refractivity contribution in [3.8, 4) is 0 Å². The number of halogens is 1. The van der Waals surface area contributed by atoms with Crippen molar-refractivity contribution in [3.05, 3.63) is 29.4 Å². The topological polar surface area (TPSA) is 68.1 Å². The van der Waals surface area contributed by atoms with Gasteiger partial charge in [-0.3, -0.25) is 0 Å². The van der Waals surface area contributed by atoms with Crippen LogP contribution < -0.4 is 0 Å². The standard InChI is InChI=1S/C26H38INO4/c1-7-24-11-10-22(4)25(27-6,12-13-26(22)31-14-15-32-26)23(24,5)17-19(29)20(2)16-18(28-30)8-9-21(20,24)3/h7,17-18,29H,1,6,8-16H2,2-5H3/t18-,20+,21-,22-,23+,24+,25-/m0/s1. The molecule has 7 atom stereocenters. The monoisotopic (exact) mass is 555 g/mol. The van der Waals surface area contributed by atoms with Gasteiger partial charge in [0.2, 0.25) is 0 Å². The van der Waals surface area contributed by atoms with E-state index in [2.05, 4.69) is 56.1 Å². The van der Waals surface area contributed by atoms with Crippen LogP contribution in [0, 0.1) is 32.0 Å². The van der Waals surface area contributed by atoms with Crippen LogP contribution in [0.2, 0.25) is 0 Å². The molecule has 1 saturated heterocycles. The second kappa shape index (κ2) is 6.75. The molecule has 4 fully saturated rings. The molecule has 5 nitrogen and oxygen atoms in total. The Hall–Kier alpha value is -0.600. The third kappa shape index (κ3) is 2.09. The van der Waals surface area contributed by atoms with Gasteiger partial charge in [-0.15, -0.1) is 27.3 Å². The average molecular weight is 555 g/mol. The molecule has 3 saturated carbocycles. The fraction of sp³-hybridized carbons (Fsp3) is 0.808. The number of ether oxygens (including phenoxy) is 2. The van der Waals surface area contributed by atoms with E-state index in [0.717, 1.165) is 38.5 Å². The number of nitroso groups, excluding NO2 is 1. The summed E-state index contributed by atoms with van der Waals surface area (Å²) in [6, 6.07) is -0.243. The van der Waals surface area contributed by atoms with Crippen molar-refractivity contribution in [2.24, 2.45) is 32.3 Å². The van der Waals surface area contributed by atoms with Crippen LogP contribution in [0.4, 0.5) is 0 Å². The molecular weight excluding hydrogens is 517 g/mol. The lowest BCUT2D eigenvalue weighted by Crippen LogP contribution is -2.73. The first kappa shape index (κ1) is 23.2. The molecule has 1 aliphatic heterocycles. The molecule has 5 aliphatic rings. The van der Waals surface area contributed by atoms with E-state index >= 15 is 0 Å². The van der Waals surface area contributed by atoms with E-state index in [-0.39, 0.29) is 31.1 Å². The highest BCUT2D eigenvalue weighted by Crippen LogP contribution is 2.84. The van der Waals surface area contributed by atoms with Gasteiger partial charge in [0.1, 0.15) is 0 Å². The molecule has 4 aliphatic carbocycles. The summed E-state index contributed by atoms with van der Waals surface area (Å²) in [5, 5.41) is 15.1. The van der Waals surface area contributed by atoms with Crippen LogP contribution in [0.1, 0.15) is 72.6 Å². The minimum atomic E-state index is -0.537. The van der Waals surface area contributed by atoms with Crippen LogP contribution >= 0.6 is 20.7 Å². The Labute approximate surface area is 202 Å². The second-order valence-corrected chi connectivity index (χ2v) is 14.4. The largest absolute Gasteiger partial charge is 0.512 e. The zero-order valence-corrected chi connectivity index (χ0v) is 22.2. The zero-order valence-electron chi connectivity index (χ0n) is 20.0. The van der Waals surface area contributed by atoms with E-state index in [0.29, 0.717) is 25.4 Å². The quantitative estimate of drug-likeness (QED) is 0.189. The van der Waals surface area contributed by atoms with Crippen molar-refractivity contribution in [2.75, 3.05) is 13.2 Å². The van der Waals surface area contributed by atoms with E-state index in [9.17, 15) is 10.0 Å². The molecule has 178 valence electrons. The number of fused-ring (bicyclic) bond motifs is 6. The van der Waals surface area contributed by atoms with Crippen molar-refractivity contribution in [2.45, 2.75) is 87.9 Å². The molecule has 5 rings (SSSR count). The first-order valence-corrected chi connectivity index (χ1v) is 14.7. The van der Waals surface area contributed by atoms with Gasteiger partial charge in [0.15, 0.2) is 5.79 Å². The predicted molar refractivity (Wildman–Crippen MR) is 136 cm³/mol. The maximum Gasteiger partial charge on any atom is 0.175 e. The van der Waals surface area contributed by atoms with Gasteiger partial charge < -0.3 is 14.6 Å². The van der Waals surface area contributed by atoms with Gasteiger partial charge in [-0.1, -0.05) is 43.5 Å². The Morgan fingerprint density at radius 3 is 2.38 bits per heavy atom. The summed E-state index contributed by atoms with van der Waals surface area (Å²) in [5.41, 5.74) is -1.41. The second-order valence-electron chi connectivity index (χ2n) is 11.8. The van der Waals surface area contributed by atoms with Crippen molar-refractivity contribution in [3.63, 3.8) is 0 Å². The van der Waals surface area contributed by atoms with Crippen LogP contribution in [0.15, 0.2) is 29.7 Å². The zero-order chi connectivity index (χ0) is 23.3. The number of hydrogen-bond donors (Lipinski definition) is 1. The van der Waals surface area contributed by atoms with Crippen LogP contribution in [0.25, 0.3) is 0 Å². The molecule has 0 unspecified atom stereocenters. The van der Waals surface area contributed by atoms with E-state index < -0.39 is 31.9 Å². The average Bonchev–Trinajstić information content (AvgIpc) is 3.35. The van der Waals surface area contributed by atoms with Gasteiger partial charge in [-0.2, -0.15) is 4.91 Å². The molecule has 0 aromatic rings. The van der Waals surface area contributed by atoms with Crippen molar-refractivity contribution in [1.29, 1.82) is 0 Å². The Morgan fingerprint density at radius 1 is 1.09 bits per heavy atom. The summed E-state index contributed by atoms with van der Waals surface area (Å²) in [4.78, 5) is 11.5. The Morgan fingerprint density at radius 2 is 1.78 bits per heavy atom. The molecule has 6 heteroatoms. The SMILES string of the molecule is C=C[C@]12CC[C@]3(C)C4(CC[C@@]3(I=C)[C@]1(C)C=C(O)[C@@]1(C)C[C@@H](N=O)CC[C@]21C)OCCO4. The molecular formula is C26H38INO4. The fourth-order valence-electron chi connectivity index (χ4n) is 9.53. The smallest absolute Gasteiger partial charge is 0.175 e. The number of aliphatic hydroxyl groups is 1. The predicted octanol–water partition coefficient (Wildman–Crippen LogP) is 6.43. The molecule has 32 heavy (non-hydrogen) atoms.